The third-order valence-corrected chi connectivity index (χ3v) is 2.45. The summed E-state index contributed by atoms with van der Waals surface area (Å²) in [7, 11) is 0. The second-order valence-electron chi connectivity index (χ2n) is 4.21. The minimum atomic E-state index is -0.167. The predicted octanol–water partition coefficient (Wildman–Crippen LogP) is 1.94. The molecule has 0 fully saturated rings. The fourth-order valence-electron chi connectivity index (χ4n) is 1.75. The molecule has 2 rings (SSSR count). The molecule has 0 bridgehead atoms. The Hall–Kier alpha value is -2.10. The van der Waals surface area contributed by atoms with Gasteiger partial charge in [0.1, 0.15) is 6.54 Å². The van der Waals surface area contributed by atoms with E-state index in [2.05, 4.69) is 5.32 Å². The third kappa shape index (κ3) is 2.36. The SMILES string of the molecule is CC(C)=CC(=O)N1CC(=O)Nc2ccccc21. The van der Waals surface area contributed by atoms with Gasteiger partial charge in [-0.25, -0.2) is 0 Å². The van der Waals surface area contributed by atoms with Crippen molar-refractivity contribution in [3.8, 4) is 0 Å². The number of fused-ring (bicyclic) bond motifs is 1. The Morgan fingerprint density at radius 1 is 1.35 bits per heavy atom. The number of amides is 2. The summed E-state index contributed by atoms with van der Waals surface area (Å²) in [5, 5.41) is 2.74. The van der Waals surface area contributed by atoms with Gasteiger partial charge in [-0.2, -0.15) is 0 Å². The van der Waals surface area contributed by atoms with Gasteiger partial charge in [0.05, 0.1) is 11.4 Å². The number of hydrogen-bond donors (Lipinski definition) is 1. The standard InChI is InChI=1S/C13H14N2O2/c1-9(2)7-13(17)15-8-12(16)14-10-5-3-4-6-11(10)15/h3-7H,8H2,1-2H3,(H,14,16). The van der Waals surface area contributed by atoms with Gasteiger partial charge in [-0.3, -0.25) is 14.5 Å². The maximum atomic E-state index is 12.0. The lowest BCUT2D eigenvalue weighted by Crippen LogP contribution is -2.41. The summed E-state index contributed by atoms with van der Waals surface area (Å²) in [4.78, 5) is 25.0. The Labute approximate surface area is 99.9 Å². The second kappa shape index (κ2) is 4.41. The molecule has 1 aromatic rings. The fourth-order valence-corrected chi connectivity index (χ4v) is 1.75. The first-order valence-electron chi connectivity index (χ1n) is 5.43. The van der Waals surface area contributed by atoms with E-state index < -0.39 is 0 Å². The molecule has 2 amide bonds. The summed E-state index contributed by atoms with van der Waals surface area (Å²) in [6.45, 7) is 3.78. The van der Waals surface area contributed by atoms with Gasteiger partial charge in [-0.1, -0.05) is 17.7 Å². The van der Waals surface area contributed by atoms with Crippen molar-refractivity contribution in [1.82, 2.24) is 0 Å². The van der Waals surface area contributed by atoms with E-state index in [1.165, 1.54) is 11.0 Å². The molecule has 88 valence electrons. The van der Waals surface area contributed by atoms with E-state index >= 15 is 0 Å². The van der Waals surface area contributed by atoms with Crippen molar-refractivity contribution in [2.45, 2.75) is 13.8 Å². The van der Waals surface area contributed by atoms with Crippen LogP contribution in [0, 0.1) is 0 Å². The van der Waals surface area contributed by atoms with E-state index in [4.69, 9.17) is 0 Å². The van der Waals surface area contributed by atoms with Crippen molar-refractivity contribution in [3.63, 3.8) is 0 Å². The first kappa shape index (κ1) is 11.4. The minimum absolute atomic E-state index is 0.0691. The molecule has 4 nitrogen and oxygen atoms in total. The van der Waals surface area contributed by atoms with Crippen molar-refractivity contribution in [1.29, 1.82) is 0 Å². The van der Waals surface area contributed by atoms with Gasteiger partial charge in [-0.05, 0) is 26.0 Å². The van der Waals surface area contributed by atoms with E-state index in [-0.39, 0.29) is 18.4 Å². The average molecular weight is 230 g/mol. The Bertz CT molecular complexity index is 502. The van der Waals surface area contributed by atoms with Crippen LogP contribution in [-0.2, 0) is 9.59 Å². The Morgan fingerprint density at radius 3 is 2.76 bits per heavy atom. The van der Waals surface area contributed by atoms with E-state index in [0.29, 0.717) is 5.69 Å². The van der Waals surface area contributed by atoms with Crippen LogP contribution in [-0.4, -0.2) is 18.4 Å². The van der Waals surface area contributed by atoms with E-state index in [1.54, 1.807) is 6.07 Å². The highest BCUT2D eigenvalue weighted by Gasteiger charge is 2.25. The van der Waals surface area contributed by atoms with E-state index in [0.717, 1.165) is 11.3 Å². The highest BCUT2D eigenvalue weighted by atomic mass is 16.2. The monoisotopic (exact) mass is 230 g/mol. The van der Waals surface area contributed by atoms with Crippen LogP contribution in [0.15, 0.2) is 35.9 Å². The van der Waals surface area contributed by atoms with Crippen LogP contribution in [0.5, 0.6) is 0 Å². The largest absolute Gasteiger partial charge is 0.323 e. The van der Waals surface area contributed by atoms with Crippen molar-refractivity contribution in [2.24, 2.45) is 0 Å². The lowest BCUT2D eigenvalue weighted by molar-refractivity contribution is -0.119. The van der Waals surface area contributed by atoms with Crippen LogP contribution < -0.4 is 10.2 Å². The zero-order chi connectivity index (χ0) is 12.4. The molecule has 1 heterocycles. The number of para-hydroxylation sites is 2. The predicted molar refractivity (Wildman–Crippen MR) is 66.9 cm³/mol. The zero-order valence-corrected chi connectivity index (χ0v) is 9.86. The van der Waals surface area contributed by atoms with Crippen LogP contribution in [0.25, 0.3) is 0 Å². The summed E-state index contributed by atoms with van der Waals surface area (Å²) < 4.78 is 0. The Balaban J connectivity index is 2.39. The van der Waals surface area contributed by atoms with E-state index in [1.807, 2.05) is 32.0 Å². The maximum absolute atomic E-state index is 12.0. The molecule has 1 aromatic carbocycles. The third-order valence-electron chi connectivity index (χ3n) is 2.45. The van der Waals surface area contributed by atoms with Gasteiger partial charge in [0.15, 0.2) is 0 Å². The van der Waals surface area contributed by atoms with Gasteiger partial charge < -0.3 is 5.32 Å². The molecular formula is C13H14N2O2. The molecule has 1 aliphatic rings. The smallest absolute Gasteiger partial charge is 0.251 e. The topological polar surface area (TPSA) is 49.4 Å². The van der Waals surface area contributed by atoms with Gasteiger partial charge in [0, 0.05) is 6.08 Å². The van der Waals surface area contributed by atoms with Gasteiger partial charge in [0.2, 0.25) is 5.91 Å². The summed E-state index contributed by atoms with van der Waals surface area (Å²) in [5.41, 5.74) is 2.34. The molecule has 0 spiro atoms. The van der Waals surface area contributed by atoms with Crippen LogP contribution >= 0.6 is 0 Å². The summed E-state index contributed by atoms with van der Waals surface area (Å²) in [5.74, 6) is -0.327. The second-order valence-corrected chi connectivity index (χ2v) is 4.21. The lowest BCUT2D eigenvalue weighted by Gasteiger charge is -2.28. The van der Waals surface area contributed by atoms with Crippen molar-refractivity contribution < 1.29 is 9.59 Å². The van der Waals surface area contributed by atoms with Crippen LogP contribution in [0.2, 0.25) is 0 Å². The zero-order valence-electron chi connectivity index (χ0n) is 9.86. The van der Waals surface area contributed by atoms with Crippen LogP contribution in [0.3, 0.4) is 0 Å². The molecule has 17 heavy (non-hydrogen) atoms. The first-order chi connectivity index (χ1) is 8.08. The molecule has 1 aliphatic heterocycles. The quantitative estimate of drug-likeness (QED) is 0.749. The molecule has 0 saturated heterocycles. The van der Waals surface area contributed by atoms with Crippen LogP contribution in [0.1, 0.15) is 13.8 Å². The molecular weight excluding hydrogens is 216 g/mol. The summed E-state index contributed by atoms with van der Waals surface area (Å²) in [6, 6.07) is 7.29. The number of hydrogen-bond acceptors (Lipinski definition) is 2. The number of carbonyl (C=O) groups is 2. The van der Waals surface area contributed by atoms with Gasteiger partial charge in [-0.15, -0.1) is 0 Å². The summed E-state index contributed by atoms with van der Waals surface area (Å²) >= 11 is 0. The van der Waals surface area contributed by atoms with Crippen molar-refractivity contribution in [3.05, 3.63) is 35.9 Å². The molecule has 4 heteroatoms. The number of benzene rings is 1. The van der Waals surface area contributed by atoms with Crippen LogP contribution in [0.4, 0.5) is 11.4 Å². The molecule has 1 N–H and O–H groups in total. The molecule has 0 radical (unpaired) electrons. The number of allylic oxidation sites excluding steroid dienone is 1. The van der Waals surface area contributed by atoms with Crippen molar-refractivity contribution >= 4 is 23.2 Å². The van der Waals surface area contributed by atoms with Crippen molar-refractivity contribution in [2.75, 3.05) is 16.8 Å². The average Bonchev–Trinajstić information content (AvgIpc) is 2.26. The summed E-state index contributed by atoms with van der Waals surface area (Å²) in [6.07, 6.45) is 1.54. The number of carbonyl (C=O) groups excluding carboxylic acids is 2. The van der Waals surface area contributed by atoms with Gasteiger partial charge in [0.25, 0.3) is 5.91 Å². The maximum Gasteiger partial charge on any atom is 0.251 e. The van der Waals surface area contributed by atoms with Gasteiger partial charge >= 0.3 is 0 Å². The molecule has 0 unspecified atom stereocenters. The highest BCUT2D eigenvalue weighted by molar-refractivity contribution is 6.13. The Kier molecular flexibility index (Phi) is 2.95. The van der Waals surface area contributed by atoms with E-state index in [9.17, 15) is 9.59 Å². The number of nitrogens with zero attached hydrogens (tertiary/aromatic N) is 1. The molecule has 0 saturated carbocycles. The normalized spacial score (nSPS) is 13.8. The number of nitrogens with one attached hydrogen (secondary N) is 1. The number of rotatable bonds is 1. The molecule has 0 aliphatic carbocycles. The lowest BCUT2D eigenvalue weighted by atomic mass is 10.2. The fraction of sp³-hybridized carbons (Fsp3) is 0.231. The highest BCUT2D eigenvalue weighted by Crippen LogP contribution is 2.28. The first-order valence-corrected chi connectivity index (χ1v) is 5.43. The Morgan fingerprint density at radius 2 is 2.06 bits per heavy atom. The minimum Gasteiger partial charge on any atom is -0.323 e. The molecule has 0 aromatic heterocycles. The number of anilines is 2. The molecule has 0 atom stereocenters.